The Morgan fingerprint density at radius 3 is 2.44 bits per heavy atom. The molecule has 0 radical (unpaired) electrons. The van der Waals surface area contributed by atoms with Crippen LogP contribution < -0.4 is 0 Å². The number of para-hydroxylation sites is 1. The maximum atomic E-state index is 13.3. The van der Waals surface area contributed by atoms with Crippen molar-refractivity contribution < 1.29 is 27.9 Å². The summed E-state index contributed by atoms with van der Waals surface area (Å²) in [6.07, 6.45) is -4.66. The molecule has 1 aliphatic rings. The highest BCUT2D eigenvalue weighted by molar-refractivity contribution is 8.00. The van der Waals surface area contributed by atoms with Crippen LogP contribution in [0.15, 0.2) is 54.6 Å². The van der Waals surface area contributed by atoms with Crippen LogP contribution in [0.25, 0.3) is 16.9 Å². The summed E-state index contributed by atoms with van der Waals surface area (Å²) in [5.74, 6) is -1.04. The third-order valence-electron chi connectivity index (χ3n) is 4.87. The molecule has 1 saturated heterocycles. The molecule has 3 aromatic rings. The molecule has 1 N–H and O–H groups in total. The number of halogens is 4. The summed E-state index contributed by atoms with van der Waals surface area (Å²) in [7, 11) is 0. The van der Waals surface area contributed by atoms with Crippen molar-refractivity contribution in [3.05, 3.63) is 70.9 Å². The smallest absolute Gasteiger partial charge is 0.435 e. The molecule has 0 spiro atoms. The fourth-order valence-corrected chi connectivity index (χ4v) is 4.63. The van der Waals surface area contributed by atoms with E-state index < -0.39 is 29.1 Å². The summed E-state index contributed by atoms with van der Waals surface area (Å²) in [6, 6.07) is 13.2. The molecule has 4 rings (SSSR count). The quantitative estimate of drug-likeness (QED) is 0.578. The average molecular weight is 482 g/mol. The standard InChI is InChI=1S/C21H15ClF3N3O3S/c22-14-3-1-2-4-15(14)28-16(11-17(26-28)21(23,24)25)12-5-7-13(8-6-12)18(29)27-9-10-32-19(27)20(30)31/h1-8,11,19H,9-10H2,(H,30,31). The molecule has 1 amide bonds. The average Bonchev–Trinajstić information content (AvgIpc) is 3.41. The van der Waals surface area contributed by atoms with Gasteiger partial charge in [-0.15, -0.1) is 11.8 Å². The van der Waals surface area contributed by atoms with Crippen LogP contribution in [0.2, 0.25) is 5.02 Å². The zero-order chi connectivity index (χ0) is 23.0. The zero-order valence-corrected chi connectivity index (χ0v) is 17.8. The number of carbonyl (C=O) groups excluding carboxylic acids is 1. The molecule has 0 bridgehead atoms. The highest BCUT2D eigenvalue weighted by Crippen LogP contribution is 2.35. The molecule has 2 aromatic carbocycles. The number of carboxylic acids is 1. The third-order valence-corrected chi connectivity index (χ3v) is 6.38. The fourth-order valence-electron chi connectivity index (χ4n) is 3.36. The molecule has 1 unspecified atom stereocenters. The number of aliphatic carboxylic acids is 1. The SMILES string of the molecule is O=C(O)C1SCCN1C(=O)c1ccc(-c2cc(C(F)(F)F)nn2-c2ccccc2Cl)cc1. The molecular formula is C21H15ClF3N3O3S. The highest BCUT2D eigenvalue weighted by atomic mass is 35.5. The largest absolute Gasteiger partial charge is 0.479 e. The molecule has 11 heteroatoms. The van der Waals surface area contributed by atoms with E-state index in [-0.39, 0.29) is 22.0 Å². The number of thioether (sulfide) groups is 1. The van der Waals surface area contributed by atoms with Crippen molar-refractivity contribution in [1.29, 1.82) is 0 Å². The predicted octanol–water partition coefficient (Wildman–Crippen LogP) is 4.81. The minimum absolute atomic E-state index is 0.143. The van der Waals surface area contributed by atoms with Crippen LogP contribution in [0.5, 0.6) is 0 Å². The lowest BCUT2D eigenvalue weighted by Crippen LogP contribution is -2.39. The summed E-state index contributed by atoms with van der Waals surface area (Å²) in [4.78, 5) is 25.3. The number of carbonyl (C=O) groups is 2. The van der Waals surface area contributed by atoms with Crippen molar-refractivity contribution in [3.63, 3.8) is 0 Å². The van der Waals surface area contributed by atoms with Crippen molar-refractivity contribution >= 4 is 35.2 Å². The van der Waals surface area contributed by atoms with Gasteiger partial charge in [0.25, 0.3) is 5.91 Å². The van der Waals surface area contributed by atoms with E-state index in [2.05, 4.69) is 5.10 Å². The molecule has 0 aliphatic carbocycles. The first kappa shape index (κ1) is 22.2. The first-order valence-corrected chi connectivity index (χ1v) is 10.8. The number of alkyl halides is 3. The van der Waals surface area contributed by atoms with Crippen molar-refractivity contribution in [3.8, 4) is 16.9 Å². The number of aromatic nitrogens is 2. The molecule has 166 valence electrons. The van der Waals surface area contributed by atoms with Gasteiger partial charge in [-0.2, -0.15) is 18.3 Å². The van der Waals surface area contributed by atoms with Gasteiger partial charge in [0.2, 0.25) is 0 Å². The van der Waals surface area contributed by atoms with Crippen LogP contribution in [0.4, 0.5) is 13.2 Å². The number of benzene rings is 2. The van der Waals surface area contributed by atoms with E-state index in [1.165, 1.54) is 29.2 Å². The van der Waals surface area contributed by atoms with Gasteiger partial charge >= 0.3 is 12.1 Å². The van der Waals surface area contributed by atoms with Gasteiger partial charge in [0, 0.05) is 23.4 Å². The van der Waals surface area contributed by atoms with E-state index in [4.69, 9.17) is 11.6 Å². The molecule has 1 aromatic heterocycles. The van der Waals surface area contributed by atoms with E-state index in [1.807, 2.05) is 0 Å². The van der Waals surface area contributed by atoms with Gasteiger partial charge < -0.3 is 10.0 Å². The van der Waals surface area contributed by atoms with Crippen LogP contribution in [0.3, 0.4) is 0 Å². The van der Waals surface area contributed by atoms with Crippen LogP contribution in [0.1, 0.15) is 16.1 Å². The Balaban J connectivity index is 1.71. The number of hydrogen-bond acceptors (Lipinski definition) is 4. The third kappa shape index (κ3) is 4.20. The minimum Gasteiger partial charge on any atom is -0.479 e. The summed E-state index contributed by atoms with van der Waals surface area (Å²) in [5.41, 5.74) is -0.0360. The van der Waals surface area contributed by atoms with Gasteiger partial charge in [0.05, 0.1) is 16.4 Å². The van der Waals surface area contributed by atoms with Gasteiger partial charge in [-0.25, -0.2) is 9.48 Å². The lowest BCUT2D eigenvalue weighted by atomic mass is 10.1. The van der Waals surface area contributed by atoms with Crippen LogP contribution >= 0.6 is 23.4 Å². The Hall–Kier alpha value is -2.98. The topological polar surface area (TPSA) is 75.4 Å². The summed E-state index contributed by atoms with van der Waals surface area (Å²) in [6.45, 7) is 0.302. The van der Waals surface area contributed by atoms with Crippen LogP contribution in [0, 0.1) is 0 Å². The van der Waals surface area contributed by atoms with E-state index in [1.54, 1.807) is 24.3 Å². The number of carboxylic acid groups (broad SMARTS) is 1. The second kappa shape index (κ2) is 8.51. The van der Waals surface area contributed by atoms with E-state index in [9.17, 15) is 27.9 Å². The van der Waals surface area contributed by atoms with Crippen molar-refractivity contribution in [2.24, 2.45) is 0 Å². The molecule has 32 heavy (non-hydrogen) atoms. The van der Waals surface area contributed by atoms with E-state index in [0.29, 0.717) is 17.9 Å². The van der Waals surface area contributed by atoms with Gasteiger partial charge in [-0.05, 0) is 30.3 Å². The van der Waals surface area contributed by atoms with Crippen molar-refractivity contribution in [2.45, 2.75) is 11.6 Å². The highest BCUT2D eigenvalue weighted by Gasteiger charge is 2.36. The zero-order valence-electron chi connectivity index (χ0n) is 16.2. The number of hydrogen-bond donors (Lipinski definition) is 1. The van der Waals surface area contributed by atoms with Crippen LogP contribution in [-0.2, 0) is 11.0 Å². The molecule has 1 fully saturated rings. The molecule has 1 atom stereocenters. The second-order valence-electron chi connectivity index (χ2n) is 6.91. The first-order chi connectivity index (χ1) is 15.2. The van der Waals surface area contributed by atoms with Gasteiger partial charge in [0.15, 0.2) is 11.1 Å². The Labute approximate surface area is 189 Å². The van der Waals surface area contributed by atoms with E-state index >= 15 is 0 Å². The lowest BCUT2D eigenvalue weighted by Gasteiger charge is -2.20. The second-order valence-corrected chi connectivity index (χ2v) is 8.51. The van der Waals surface area contributed by atoms with Crippen molar-refractivity contribution in [2.75, 3.05) is 12.3 Å². The molecule has 1 aliphatic heterocycles. The normalized spacial score (nSPS) is 16.4. The lowest BCUT2D eigenvalue weighted by molar-refractivity contribution is -0.141. The van der Waals surface area contributed by atoms with Gasteiger partial charge in [-0.3, -0.25) is 4.79 Å². The number of rotatable bonds is 4. The predicted molar refractivity (Wildman–Crippen MR) is 114 cm³/mol. The van der Waals surface area contributed by atoms with E-state index in [0.717, 1.165) is 22.5 Å². The maximum Gasteiger partial charge on any atom is 0.435 e. The van der Waals surface area contributed by atoms with Gasteiger partial charge in [0.1, 0.15) is 0 Å². The number of amides is 1. The summed E-state index contributed by atoms with van der Waals surface area (Å²) in [5, 5.41) is 12.2. The van der Waals surface area contributed by atoms with Gasteiger partial charge in [-0.1, -0.05) is 35.9 Å². The Morgan fingerprint density at radius 1 is 1.12 bits per heavy atom. The molecule has 0 saturated carbocycles. The minimum atomic E-state index is -4.66. The first-order valence-electron chi connectivity index (χ1n) is 9.35. The maximum absolute atomic E-state index is 13.3. The van der Waals surface area contributed by atoms with Crippen LogP contribution in [-0.4, -0.2) is 49.3 Å². The Bertz CT molecular complexity index is 1180. The molecule has 6 nitrogen and oxygen atoms in total. The summed E-state index contributed by atoms with van der Waals surface area (Å²) < 4.78 is 41.2. The fraction of sp³-hybridized carbons (Fsp3) is 0.190. The van der Waals surface area contributed by atoms with Crippen molar-refractivity contribution in [1.82, 2.24) is 14.7 Å². The molecular weight excluding hydrogens is 467 g/mol. The number of nitrogens with zero attached hydrogens (tertiary/aromatic N) is 3. The monoisotopic (exact) mass is 481 g/mol. The summed E-state index contributed by atoms with van der Waals surface area (Å²) >= 11 is 7.34. The molecule has 2 heterocycles. The Kier molecular flexibility index (Phi) is 5.91. The Morgan fingerprint density at radius 2 is 1.81 bits per heavy atom.